The highest BCUT2D eigenvalue weighted by atomic mass is 16.4. The molecule has 7 heteroatoms. The average Bonchev–Trinajstić information content (AvgIpc) is 2.24. The van der Waals surface area contributed by atoms with Gasteiger partial charge in [-0.3, -0.25) is 9.69 Å². The molecule has 0 saturated heterocycles. The fourth-order valence-corrected chi connectivity index (χ4v) is 0.500. The molecule has 0 saturated carbocycles. The molecule has 0 aromatic rings. The van der Waals surface area contributed by atoms with Gasteiger partial charge in [0.05, 0.1) is 13.1 Å². The molecule has 0 heterocycles. The van der Waals surface area contributed by atoms with Crippen molar-refractivity contribution in [2.75, 3.05) is 34.2 Å². The summed E-state index contributed by atoms with van der Waals surface area (Å²) in [6.45, 7) is 2.79. The van der Waals surface area contributed by atoms with Gasteiger partial charge in [-0.2, -0.15) is 0 Å². The maximum atomic E-state index is 10.7. The Morgan fingerprint density at radius 3 is 1.61 bits per heavy atom. The van der Waals surface area contributed by atoms with Gasteiger partial charge in [0.1, 0.15) is 0 Å². The summed E-state index contributed by atoms with van der Waals surface area (Å²) < 4.78 is 0. The second kappa shape index (κ2) is 10.1. The van der Waals surface area contributed by atoms with Gasteiger partial charge in [-0.15, -0.1) is 0 Å². The van der Waals surface area contributed by atoms with Crippen molar-refractivity contribution >= 4 is 17.8 Å². The molecule has 0 atom stereocenters. The molecule has 0 bridgehead atoms. The molecule has 0 aliphatic rings. The smallest absolute Gasteiger partial charge is 0.414 e. The highest BCUT2D eigenvalue weighted by Crippen LogP contribution is 1.80. The summed E-state index contributed by atoms with van der Waals surface area (Å²) in [4.78, 5) is 32.5. The Morgan fingerprint density at radius 2 is 1.33 bits per heavy atom. The molecule has 102 valence electrons. The summed E-state index contributed by atoms with van der Waals surface area (Å²) >= 11 is 0. The molecule has 0 aromatic heterocycles. The predicted molar refractivity (Wildman–Crippen MR) is 64.9 cm³/mol. The van der Waals surface area contributed by atoms with Crippen LogP contribution < -0.4 is 0 Å². The number of rotatable bonds is 2. The Hall–Kier alpha value is -2.07. The second-order valence-corrected chi connectivity index (χ2v) is 3.58. The average molecular weight is 258 g/mol. The van der Waals surface area contributed by atoms with Crippen LogP contribution >= 0.6 is 0 Å². The number of amides is 1. The second-order valence-electron chi connectivity index (χ2n) is 3.58. The number of carbonyl (C=O) groups excluding carboxylic acids is 1. The zero-order valence-electron chi connectivity index (χ0n) is 10.9. The van der Waals surface area contributed by atoms with E-state index in [0.717, 1.165) is 6.54 Å². The van der Waals surface area contributed by atoms with Crippen LogP contribution in [0, 0.1) is 11.8 Å². The first kappa shape index (κ1) is 18.3. The van der Waals surface area contributed by atoms with Crippen molar-refractivity contribution in [1.82, 2.24) is 9.80 Å². The number of hydrogen-bond acceptors (Lipinski definition) is 4. The van der Waals surface area contributed by atoms with Gasteiger partial charge in [0.25, 0.3) is 0 Å². The minimum Gasteiger partial charge on any atom is -0.473 e. The van der Waals surface area contributed by atoms with E-state index >= 15 is 0 Å². The maximum Gasteiger partial charge on any atom is 0.414 e. The molecule has 0 spiro atoms. The minimum atomic E-state index is -1.82. The standard InChI is InChI=1S/C9H16N2O.C2H2O4/c1-9(12)11(4)8-6-5-7-10(2)3;3-1(4)2(5)6/h7-8H2,1-4H3;(H,3,4)(H,5,6). The highest BCUT2D eigenvalue weighted by molar-refractivity contribution is 6.27. The van der Waals surface area contributed by atoms with Crippen LogP contribution in [0.4, 0.5) is 0 Å². The summed E-state index contributed by atoms with van der Waals surface area (Å²) in [5.41, 5.74) is 0. The first-order valence-electron chi connectivity index (χ1n) is 4.96. The van der Waals surface area contributed by atoms with Crippen molar-refractivity contribution in [2.45, 2.75) is 6.92 Å². The van der Waals surface area contributed by atoms with E-state index in [4.69, 9.17) is 19.8 Å². The topological polar surface area (TPSA) is 98.2 Å². The van der Waals surface area contributed by atoms with E-state index in [1.165, 1.54) is 6.92 Å². The summed E-state index contributed by atoms with van der Waals surface area (Å²) in [5, 5.41) is 14.8. The van der Waals surface area contributed by atoms with Gasteiger partial charge in [-0.1, -0.05) is 11.8 Å². The monoisotopic (exact) mass is 258 g/mol. The van der Waals surface area contributed by atoms with Crippen molar-refractivity contribution in [3.05, 3.63) is 0 Å². The van der Waals surface area contributed by atoms with Crippen molar-refractivity contribution < 1.29 is 24.6 Å². The van der Waals surface area contributed by atoms with Crippen LogP contribution in [0.2, 0.25) is 0 Å². The Kier molecular flexibility index (Phi) is 10.3. The molecule has 0 unspecified atom stereocenters. The third kappa shape index (κ3) is 13.9. The first-order chi connectivity index (χ1) is 8.18. The molecule has 2 N–H and O–H groups in total. The molecule has 0 aliphatic carbocycles. The zero-order chi connectivity index (χ0) is 14.7. The number of aliphatic carboxylic acids is 2. The molecule has 0 aliphatic heterocycles. The predicted octanol–water partition coefficient (Wildman–Crippen LogP) is -0.815. The Bertz CT molecular complexity index is 342. The highest BCUT2D eigenvalue weighted by Gasteiger charge is 2.04. The van der Waals surface area contributed by atoms with E-state index in [-0.39, 0.29) is 5.91 Å². The van der Waals surface area contributed by atoms with Gasteiger partial charge in [-0.05, 0) is 14.1 Å². The SMILES string of the molecule is CC(=O)N(C)CC#CCN(C)C.O=C(O)C(=O)O. The lowest BCUT2D eigenvalue weighted by atomic mass is 10.5. The van der Waals surface area contributed by atoms with Crippen LogP contribution in [-0.4, -0.2) is 72.1 Å². The molecule has 18 heavy (non-hydrogen) atoms. The number of carboxylic acids is 2. The Labute approximate surface area is 106 Å². The zero-order valence-corrected chi connectivity index (χ0v) is 10.9. The van der Waals surface area contributed by atoms with Gasteiger partial charge in [0, 0.05) is 14.0 Å². The van der Waals surface area contributed by atoms with E-state index in [9.17, 15) is 4.79 Å². The third-order valence-corrected chi connectivity index (χ3v) is 1.56. The van der Waals surface area contributed by atoms with Crippen LogP contribution in [0.15, 0.2) is 0 Å². The molecule has 0 aromatic carbocycles. The molecule has 1 amide bonds. The van der Waals surface area contributed by atoms with Crippen molar-refractivity contribution in [3.63, 3.8) is 0 Å². The van der Waals surface area contributed by atoms with Crippen LogP contribution in [0.25, 0.3) is 0 Å². The first-order valence-corrected chi connectivity index (χ1v) is 4.96. The third-order valence-electron chi connectivity index (χ3n) is 1.56. The van der Waals surface area contributed by atoms with E-state index in [1.807, 2.05) is 19.0 Å². The minimum absolute atomic E-state index is 0.0501. The summed E-state index contributed by atoms with van der Waals surface area (Å²) in [6.07, 6.45) is 0. The summed E-state index contributed by atoms with van der Waals surface area (Å²) in [5.74, 6) is 2.27. The summed E-state index contributed by atoms with van der Waals surface area (Å²) in [6, 6.07) is 0. The van der Waals surface area contributed by atoms with Crippen LogP contribution in [0.1, 0.15) is 6.92 Å². The molecular formula is C11H18N2O5. The molecule has 0 fully saturated rings. The maximum absolute atomic E-state index is 10.7. The fourth-order valence-electron chi connectivity index (χ4n) is 0.500. The quantitative estimate of drug-likeness (QED) is 0.496. The van der Waals surface area contributed by atoms with Gasteiger partial charge in [0.2, 0.25) is 5.91 Å². The van der Waals surface area contributed by atoms with E-state index in [2.05, 4.69) is 11.8 Å². The lowest BCUT2D eigenvalue weighted by Gasteiger charge is -2.09. The van der Waals surface area contributed by atoms with E-state index < -0.39 is 11.9 Å². The molecule has 0 radical (unpaired) electrons. The number of carbonyl (C=O) groups is 3. The fraction of sp³-hybridized carbons (Fsp3) is 0.545. The largest absolute Gasteiger partial charge is 0.473 e. The molecular weight excluding hydrogens is 240 g/mol. The lowest BCUT2D eigenvalue weighted by Crippen LogP contribution is -2.24. The van der Waals surface area contributed by atoms with Crippen molar-refractivity contribution in [1.29, 1.82) is 0 Å². The number of carboxylic acid groups (broad SMARTS) is 2. The molecule has 7 nitrogen and oxygen atoms in total. The van der Waals surface area contributed by atoms with Gasteiger partial charge >= 0.3 is 11.9 Å². The Balaban J connectivity index is 0. The van der Waals surface area contributed by atoms with Crippen molar-refractivity contribution in [2.24, 2.45) is 0 Å². The van der Waals surface area contributed by atoms with Crippen LogP contribution in [0.3, 0.4) is 0 Å². The van der Waals surface area contributed by atoms with Crippen LogP contribution in [0.5, 0.6) is 0 Å². The lowest BCUT2D eigenvalue weighted by molar-refractivity contribution is -0.159. The Morgan fingerprint density at radius 1 is 0.944 bits per heavy atom. The van der Waals surface area contributed by atoms with E-state index in [1.54, 1.807) is 11.9 Å². The summed E-state index contributed by atoms with van der Waals surface area (Å²) in [7, 11) is 5.67. The van der Waals surface area contributed by atoms with Crippen LogP contribution in [-0.2, 0) is 14.4 Å². The van der Waals surface area contributed by atoms with Crippen molar-refractivity contribution in [3.8, 4) is 11.8 Å². The number of hydrogen-bond donors (Lipinski definition) is 2. The number of nitrogens with zero attached hydrogens (tertiary/aromatic N) is 2. The van der Waals surface area contributed by atoms with Gasteiger partial charge in [0.15, 0.2) is 0 Å². The van der Waals surface area contributed by atoms with Gasteiger partial charge < -0.3 is 15.1 Å². The van der Waals surface area contributed by atoms with Gasteiger partial charge in [-0.25, -0.2) is 9.59 Å². The molecule has 0 rings (SSSR count). The normalized spacial score (nSPS) is 8.50. The van der Waals surface area contributed by atoms with E-state index in [0.29, 0.717) is 6.54 Å².